The smallest absolute Gasteiger partial charge is 0.0746 e. The van der Waals surface area contributed by atoms with Gasteiger partial charge in [0.15, 0.2) is 0 Å². The highest BCUT2D eigenvalue weighted by atomic mass is 15.2. The summed E-state index contributed by atoms with van der Waals surface area (Å²) in [6, 6.07) is 10.8. The first kappa shape index (κ1) is 10.7. The summed E-state index contributed by atoms with van der Waals surface area (Å²) in [5, 5.41) is 1.22. The average Bonchev–Trinajstić information content (AvgIpc) is 2.75. The number of benzene rings is 1. The number of nitrogens with two attached hydrogens (primary N) is 1. The molecule has 1 saturated heterocycles. The lowest BCUT2D eigenvalue weighted by molar-refractivity contribution is 0.328. The standard InChI is InChI=1S/C14H17N3/c15-13-6-8-17(10-13)9-12-4-1-3-11-5-2-7-16-14(11)12/h1-5,7,13H,6,8-10,15H2/t13-/m0/s1. The van der Waals surface area contributed by atoms with Gasteiger partial charge in [0.05, 0.1) is 5.52 Å². The number of para-hydroxylation sites is 1. The lowest BCUT2D eigenvalue weighted by atomic mass is 10.1. The van der Waals surface area contributed by atoms with E-state index in [9.17, 15) is 0 Å². The van der Waals surface area contributed by atoms with Crippen LogP contribution < -0.4 is 5.73 Å². The second-order valence-electron chi connectivity index (χ2n) is 4.78. The van der Waals surface area contributed by atoms with Gasteiger partial charge in [-0.25, -0.2) is 0 Å². The van der Waals surface area contributed by atoms with E-state index in [1.807, 2.05) is 12.3 Å². The fourth-order valence-corrected chi connectivity index (χ4v) is 2.54. The fraction of sp³-hybridized carbons (Fsp3) is 0.357. The molecule has 3 rings (SSSR count). The number of pyridine rings is 1. The third-order valence-electron chi connectivity index (χ3n) is 3.42. The van der Waals surface area contributed by atoms with Gasteiger partial charge in [-0.1, -0.05) is 24.3 Å². The van der Waals surface area contributed by atoms with Crippen LogP contribution in [0.25, 0.3) is 10.9 Å². The minimum Gasteiger partial charge on any atom is -0.326 e. The van der Waals surface area contributed by atoms with Crippen molar-refractivity contribution in [3.8, 4) is 0 Å². The molecular weight excluding hydrogens is 210 g/mol. The molecule has 0 saturated carbocycles. The fourth-order valence-electron chi connectivity index (χ4n) is 2.54. The molecule has 2 aromatic rings. The minimum absolute atomic E-state index is 0.345. The van der Waals surface area contributed by atoms with E-state index in [1.54, 1.807) is 0 Å². The maximum absolute atomic E-state index is 5.93. The molecule has 2 N–H and O–H groups in total. The van der Waals surface area contributed by atoms with Crippen molar-refractivity contribution in [3.05, 3.63) is 42.1 Å². The molecular formula is C14H17N3. The molecule has 88 valence electrons. The SMILES string of the molecule is N[C@H]1CCN(Cc2cccc3cccnc23)C1. The first-order valence-corrected chi connectivity index (χ1v) is 6.13. The van der Waals surface area contributed by atoms with Gasteiger partial charge in [0.25, 0.3) is 0 Å². The lowest BCUT2D eigenvalue weighted by Crippen LogP contribution is -2.26. The summed E-state index contributed by atoms with van der Waals surface area (Å²) in [7, 11) is 0. The molecule has 1 aromatic heterocycles. The minimum atomic E-state index is 0.345. The van der Waals surface area contributed by atoms with Gasteiger partial charge in [-0.2, -0.15) is 0 Å². The first-order chi connectivity index (χ1) is 8.33. The van der Waals surface area contributed by atoms with Crippen LogP contribution in [-0.4, -0.2) is 29.0 Å². The zero-order valence-electron chi connectivity index (χ0n) is 9.84. The largest absolute Gasteiger partial charge is 0.326 e. The summed E-state index contributed by atoms with van der Waals surface area (Å²) in [6.07, 6.45) is 2.97. The number of rotatable bonds is 2. The third kappa shape index (κ3) is 2.16. The number of fused-ring (bicyclic) bond motifs is 1. The van der Waals surface area contributed by atoms with E-state index in [1.165, 1.54) is 10.9 Å². The van der Waals surface area contributed by atoms with Gasteiger partial charge < -0.3 is 5.73 Å². The Hall–Kier alpha value is -1.45. The molecule has 0 amide bonds. The molecule has 1 aliphatic rings. The average molecular weight is 227 g/mol. The van der Waals surface area contributed by atoms with Crippen LogP contribution >= 0.6 is 0 Å². The predicted molar refractivity (Wildman–Crippen MR) is 69.6 cm³/mol. The number of hydrogen-bond donors (Lipinski definition) is 1. The Morgan fingerprint density at radius 3 is 3.00 bits per heavy atom. The van der Waals surface area contributed by atoms with Gasteiger partial charge >= 0.3 is 0 Å². The van der Waals surface area contributed by atoms with Crippen LogP contribution in [0, 0.1) is 0 Å². The molecule has 1 atom stereocenters. The first-order valence-electron chi connectivity index (χ1n) is 6.13. The van der Waals surface area contributed by atoms with E-state index in [0.29, 0.717) is 6.04 Å². The Labute approximate surface area is 101 Å². The van der Waals surface area contributed by atoms with E-state index < -0.39 is 0 Å². The Bertz CT molecular complexity index is 518. The summed E-state index contributed by atoms with van der Waals surface area (Å²) in [4.78, 5) is 6.90. The van der Waals surface area contributed by atoms with Crippen molar-refractivity contribution >= 4 is 10.9 Å². The van der Waals surface area contributed by atoms with E-state index >= 15 is 0 Å². The van der Waals surface area contributed by atoms with Crippen molar-refractivity contribution in [2.45, 2.75) is 19.0 Å². The second kappa shape index (κ2) is 4.43. The highest BCUT2D eigenvalue weighted by molar-refractivity contribution is 5.81. The second-order valence-corrected chi connectivity index (χ2v) is 4.78. The summed E-state index contributed by atoms with van der Waals surface area (Å²) in [5.74, 6) is 0. The zero-order valence-corrected chi connectivity index (χ0v) is 9.84. The molecule has 0 unspecified atom stereocenters. The molecule has 3 nitrogen and oxygen atoms in total. The highest BCUT2D eigenvalue weighted by Gasteiger charge is 2.19. The Kier molecular flexibility index (Phi) is 2.79. The molecule has 17 heavy (non-hydrogen) atoms. The lowest BCUT2D eigenvalue weighted by Gasteiger charge is -2.16. The molecule has 2 heterocycles. The summed E-state index contributed by atoms with van der Waals surface area (Å²) >= 11 is 0. The van der Waals surface area contributed by atoms with Crippen molar-refractivity contribution in [2.75, 3.05) is 13.1 Å². The molecule has 0 bridgehead atoms. The summed E-state index contributed by atoms with van der Waals surface area (Å²) in [6.45, 7) is 3.07. The van der Waals surface area contributed by atoms with Gasteiger partial charge in [0.2, 0.25) is 0 Å². The summed E-state index contributed by atoms with van der Waals surface area (Å²) in [5.41, 5.74) is 8.36. The van der Waals surface area contributed by atoms with Crippen molar-refractivity contribution in [2.24, 2.45) is 5.73 Å². The molecule has 0 radical (unpaired) electrons. The van der Waals surface area contributed by atoms with Crippen molar-refractivity contribution in [1.29, 1.82) is 0 Å². The molecule has 0 aliphatic carbocycles. The van der Waals surface area contributed by atoms with Gasteiger partial charge in [-0.3, -0.25) is 9.88 Å². The summed E-state index contributed by atoms with van der Waals surface area (Å²) < 4.78 is 0. The highest BCUT2D eigenvalue weighted by Crippen LogP contribution is 2.19. The molecule has 1 aromatic carbocycles. The van der Waals surface area contributed by atoms with Crippen LogP contribution in [0.1, 0.15) is 12.0 Å². The Balaban J connectivity index is 1.90. The van der Waals surface area contributed by atoms with Gasteiger partial charge in [0, 0.05) is 37.3 Å². The zero-order chi connectivity index (χ0) is 11.7. The van der Waals surface area contributed by atoms with E-state index in [4.69, 9.17) is 5.73 Å². The van der Waals surface area contributed by atoms with E-state index in [0.717, 1.165) is 31.6 Å². The normalized spacial score (nSPS) is 21.1. The van der Waals surface area contributed by atoms with Gasteiger partial charge in [0.1, 0.15) is 0 Å². The van der Waals surface area contributed by atoms with E-state index in [2.05, 4.69) is 34.1 Å². The monoisotopic (exact) mass is 227 g/mol. The number of aromatic nitrogens is 1. The van der Waals surface area contributed by atoms with E-state index in [-0.39, 0.29) is 0 Å². The van der Waals surface area contributed by atoms with Crippen molar-refractivity contribution < 1.29 is 0 Å². The van der Waals surface area contributed by atoms with Crippen LogP contribution in [0.2, 0.25) is 0 Å². The van der Waals surface area contributed by atoms with Gasteiger partial charge in [-0.05, 0) is 18.1 Å². The Morgan fingerprint density at radius 1 is 1.29 bits per heavy atom. The number of likely N-dealkylation sites (tertiary alicyclic amines) is 1. The topological polar surface area (TPSA) is 42.1 Å². The molecule has 0 spiro atoms. The number of nitrogens with zero attached hydrogens (tertiary/aromatic N) is 2. The maximum Gasteiger partial charge on any atom is 0.0746 e. The number of hydrogen-bond acceptors (Lipinski definition) is 3. The van der Waals surface area contributed by atoms with Crippen LogP contribution in [-0.2, 0) is 6.54 Å². The molecule has 1 fully saturated rings. The molecule has 1 aliphatic heterocycles. The van der Waals surface area contributed by atoms with Gasteiger partial charge in [-0.15, -0.1) is 0 Å². The van der Waals surface area contributed by atoms with Crippen LogP contribution in [0.4, 0.5) is 0 Å². The molecule has 3 heteroatoms. The third-order valence-corrected chi connectivity index (χ3v) is 3.42. The van der Waals surface area contributed by atoms with Crippen LogP contribution in [0.5, 0.6) is 0 Å². The van der Waals surface area contributed by atoms with Crippen molar-refractivity contribution in [3.63, 3.8) is 0 Å². The van der Waals surface area contributed by atoms with Crippen LogP contribution in [0.3, 0.4) is 0 Å². The van der Waals surface area contributed by atoms with Crippen LogP contribution in [0.15, 0.2) is 36.5 Å². The maximum atomic E-state index is 5.93. The predicted octanol–water partition coefficient (Wildman–Crippen LogP) is 1.77. The quantitative estimate of drug-likeness (QED) is 0.850. The Morgan fingerprint density at radius 2 is 2.18 bits per heavy atom. The van der Waals surface area contributed by atoms with Crippen molar-refractivity contribution in [1.82, 2.24) is 9.88 Å².